The molecule has 0 amide bonds. The van der Waals surface area contributed by atoms with E-state index in [0.29, 0.717) is 23.1 Å². The summed E-state index contributed by atoms with van der Waals surface area (Å²) in [6.45, 7) is 4.63. The summed E-state index contributed by atoms with van der Waals surface area (Å²) in [5, 5.41) is 9.72. The molecule has 0 aromatic carbocycles. The van der Waals surface area contributed by atoms with E-state index in [4.69, 9.17) is 11.6 Å². The first kappa shape index (κ1) is 8.83. The van der Waals surface area contributed by atoms with Gasteiger partial charge < -0.3 is 5.11 Å². The summed E-state index contributed by atoms with van der Waals surface area (Å²) in [5.41, 5.74) is 0.443. The number of hydrogen-bond donors (Lipinski definition) is 1. The van der Waals surface area contributed by atoms with E-state index >= 15 is 0 Å². The van der Waals surface area contributed by atoms with Crippen molar-refractivity contribution in [2.75, 3.05) is 5.88 Å². The molecule has 3 aliphatic rings. The monoisotopic (exact) mass is 188 g/mol. The minimum atomic E-state index is -0.126. The SMILES string of the molecule is CC1(C)C2CC1[C@@H](CCl)[C@H](O)C2. The van der Waals surface area contributed by atoms with Crippen LogP contribution in [0.2, 0.25) is 0 Å². The number of rotatable bonds is 1. The van der Waals surface area contributed by atoms with Crippen molar-refractivity contribution in [2.45, 2.75) is 32.8 Å². The van der Waals surface area contributed by atoms with Crippen LogP contribution < -0.4 is 0 Å². The molecule has 1 nitrogen and oxygen atoms in total. The molecule has 2 heteroatoms. The summed E-state index contributed by atoms with van der Waals surface area (Å²) in [5.74, 6) is 2.40. The van der Waals surface area contributed by atoms with Crippen molar-refractivity contribution >= 4 is 11.6 Å². The fourth-order valence-electron chi connectivity index (χ4n) is 3.13. The maximum Gasteiger partial charge on any atom is 0.0585 e. The first-order valence-electron chi connectivity index (χ1n) is 4.81. The van der Waals surface area contributed by atoms with Gasteiger partial charge >= 0.3 is 0 Å². The smallest absolute Gasteiger partial charge is 0.0585 e. The molecule has 3 saturated carbocycles. The van der Waals surface area contributed by atoms with Crippen LogP contribution in [0.15, 0.2) is 0 Å². The first-order chi connectivity index (χ1) is 5.57. The van der Waals surface area contributed by atoms with Gasteiger partial charge in [0.25, 0.3) is 0 Å². The summed E-state index contributed by atoms with van der Waals surface area (Å²) >= 11 is 5.86. The molecule has 0 radical (unpaired) electrons. The van der Waals surface area contributed by atoms with Gasteiger partial charge in [-0.25, -0.2) is 0 Å². The lowest BCUT2D eigenvalue weighted by Crippen LogP contribution is -2.57. The van der Waals surface area contributed by atoms with E-state index in [2.05, 4.69) is 13.8 Å². The summed E-state index contributed by atoms with van der Waals surface area (Å²) < 4.78 is 0. The van der Waals surface area contributed by atoms with E-state index < -0.39 is 0 Å². The Balaban J connectivity index is 2.15. The number of fused-ring (bicyclic) bond motifs is 2. The third kappa shape index (κ3) is 0.958. The molecule has 4 atom stereocenters. The lowest BCUT2D eigenvalue weighted by atomic mass is 9.45. The van der Waals surface area contributed by atoms with Crippen LogP contribution in [0.25, 0.3) is 0 Å². The molecule has 3 aliphatic carbocycles. The van der Waals surface area contributed by atoms with E-state index in [1.54, 1.807) is 0 Å². The average molecular weight is 189 g/mol. The number of aliphatic hydroxyl groups excluding tert-OH is 1. The topological polar surface area (TPSA) is 20.2 Å². The Bertz CT molecular complexity index is 190. The Morgan fingerprint density at radius 1 is 1.42 bits per heavy atom. The zero-order valence-electron chi connectivity index (χ0n) is 7.76. The molecular formula is C10H17ClO. The molecule has 12 heavy (non-hydrogen) atoms. The molecule has 0 heterocycles. The van der Waals surface area contributed by atoms with Gasteiger partial charge in [0.05, 0.1) is 6.10 Å². The Labute approximate surface area is 79.1 Å². The molecule has 2 bridgehead atoms. The molecule has 0 aromatic rings. The maximum absolute atomic E-state index is 9.72. The second-order valence-electron chi connectivity index (χ2n) is 4.98. The molecule has 0 saturated heterocycles. The molecule has 3 rings (SSSR count). The summed E-state index contributed by atoms with van der Waals surface area (Å²) in [7, 11) is 0. The Kier molecular flexibility index (Phi) is 1.93. The molecule has 70 valence electrons. The first-order valence-corrected chi connectivity index (χ1v) is 5.35. The average Bonchev–Trinajstić information content (AvgIpc) is 2.03. The zero-order valence-corrected chi connectivity index (χ0v) is 8.51. The van der Waals surface area contributed by atoms with Gasteiger partial charge in [-0.1, -0.05) is 13.8 Å². The van der Waals surface area contributed by atoms with E-state index in [1.165, 1.54) is 6.42 Å². The molecule has 2 unspecified atom stereocenters. The Morgan fingerprint density at radius 3 is 2.50 bits per heavy atom. The number of hydrogen-bond acceptors (Lipinski definition) is 1. The van der Waals surface area contributed by atoms with E-state index in [1.807, 2.05) is 0 Å². The number of halogens is 1. The van der Waals surface area contributed by atoms with Crippen LogP contribution >= 0.6 is 11.6 Å². The normalized spacial score (nSPS) is 50.0. The molecule has 0 aromatic heterocycles. The van der Waals surface area contributed by atoms with Gasteiger partial charge in [0.1, 0.15) is 0 Å². The van der Waals surface area contributed by atoms with Crippen molar-refractivity contribution < 1.29 is 5.11 Å². The van der Waals surface area contributed by atoms with Crippen molar-refractivity contribution in [2.24, 2.45) is 23.2 Å². The molecule has 3 fully saturated rings. The largest absolute Gasteiger partial charge is 0.393 e. The summed E-state index contributed by atoms with van der Waals surface area (Å²) in [4.78, 5) is 0. The van der Waals surface area contributed by atoms with Crippen LogP contribution in [0.3, 0.4) is 0 Å². The summed E-state index contributed by atoms with van der Waals surface area (Å²) in [6, 6.07) is 0. The van der Waals surface area contributed by atoms with E-state index in [9.17, 15) is 5.11 Å². The highest BCUT2D eigenvalue weighted by atomic mass is 35.5. The van der Waals surface area contributed by atoms with Crippen LogP contribution in [0.1, 0.15) is 26.7 Å². The van der Waals surface area contributed by atoms with Crippen molar-refractivity contribution in [3.05, 3.63) is 0 Å². The van der Waals surface area contributed by atoms with Gasteiger partial charge in [-0.05, 0) is 30.1 Å². The fourth-order valence-corrected chi connectivity index (χ4v) is 3.55. The van der Waals surface area contributed by atoms with E-state index in [0.717, 1.165) is 12.3 Å². The predicted octanol–water partition coefficient (Wildman–Crippen LogP) is 2.27. The van der Waals surface area contributed by atoms with Gasteiger partial charge in [-0.15, -0.1) is 11.6 Å². The van der Waals surface area contributed by atoms with Gasteiger partial charge in [-0.3, -0.25) is 0 Å². The third-order valence-corrected chi connectivity index (χ3v) is 4.62. The fraction of sp³-hybridized carbons (Fsp3) is 1.00. The maximum atomic E-state index is 9.72. The van der Waals surface area contributed by atoms with Crippen LogP contribution in [0.4, 0.5) is 0 Å². The standard InChI is InChI=1S/C10H17ClO/c1-10(2)6-3-8(10)7(5-11)9(12)4-6/h6-9,12H,3-5H2,1-2H3/t6?,7-,8?,9-/m1/s1. The number of alkyl halides is 1. The lowest BCUT2D eigenvalue weighted by molar-refractivity contribution is -0.153. The minimum absolute atomic E-state index is 0.126. The van der Waals surface area contributed by atoms with Crippen molar-refractivity contribution in [3.8, 4) is 0 Å². The second kappa shape index (κ2) is 2.62. The third-order valence-electron chi connectivity index (χ3n) is 4.26. The van der Waals surface area contributed by atoms with Crippen LogP contribution in [0.5, 0.6) is 0 Å². The lowest BCUT2D eigenvalue weighted by Gasteiger charge is -2.61. The highest BCUT2D eigenvalue weighted by molar-refractivity contribution is 6.18. The van der Waals surface area contributed by atoms with Gasteiger partial charge in [-0.2, -0.15) is 0 Å². The quantitative estimate of drug-likeness (QED) is 0.626. The number of aliphatic hydroxyl groups is 1. The van der Waals surface area contributed by atoms with Gasteiger partial charge in [0.15, 0.2) is 0 Å². The molecule has 0 aliphatic heterocycles. The Morgan fingerprint density at radius 2 is 2.08 bits per heavy atom. The summed E-state index contributed by atoms with van der Waals surface area (Å²) in [6.07, 6.45) is 2.14. The van der Waals surface area contributed by atoms with Crippen molar-refractivity contribution in [1.29, 1.82) is 0 Å². The van der Waals surface area contributed by atoms with Crippen LogP contribution in [0, 0.1) is 23.2 Å². The molecule has 0 spiro atoms. The van der Waals surface area contributed by atoms with Crippen LogP contribution in [-0.2, 0) is 0 Å². The Hall–Kier alpha value is 0.250. The second-order valence-corrected chi connectivity index (χ2v) is 5.29. The van der Waals surface area contributed by atoms with Gasteiger partial charge in [0, 0.05) is 11.8 Å². The zero-order chi connectivity index (χ0) is 8.93. The van der Waals surface area contributed by atoms with Crippen LogP contribution in [-0.4, -0.2) is 17.1 Å². The van der Waals surface area contributed by atoms with Crippen molar-refractivity contribution in [1.82, 2.24) is 0 Å². The highest BCUT2D eigenvalue weighted by Gasteiger charge is 2.56. The molecule has 1 N–H and O–H groups in total. The van der Waals surface area contributed by atoms with Gasteiger partial charge in [0.2, 0.25) is 0 Å². The van der Waals surface area contributed by atoms with E-state index in [-0.39, 0.29) is 6.10 Å². The molecular weight excluding hydrogens is 172 g/mol. The minimum Gasteiger partial charge on any atom is -0.393 e. The predicted molar refractivity (Wildman–Crippen MR) is 50.2 cm³/mol. The highest BCUT2D eigenvalue weighted by Crippen LogP contribution is 2.61. The van der Waals surface area contributed by atoms with Crippen molar-refractivity contribution in [3.63, 3.8) is 0 Å².